The lowest BCUT2D eigenvalue weighted by atomic mass is 10.00. The van der Waals surface area contributed by atoms with Gasteiger partial charge in [-0.05, 0) is 37.1 Å². The molecular weight excluding hydrogens is 210 g/mol. The van der Waals surface area contributed by atoms with Crippen molar-refractivity contribution in [2.75, 3.05) is 5.73 Å². The van der Waals surface area contributed by atoms with Gasteiger partial charge in [0, 0.05) is 23.5 Å². The van der Waals surface area contributed by atoms with Crippen LogP contribution < -0.4 is 5.73 Å². The number of nitrogens with two attached hydrogens (primary N) is 1. The van der Waals surface area contributed by atoms with Gasteiger partial charge < -0.3 is 5.73 Å². The van der Waals surface area contributed by atoms with E-state index in [1.54, 1.807) is 0 Å². The van der Waals surface area contributed by atoms with Gasteiger partial charge in [-0.15, -0.1) is 0 Å². The molecule has 0 aliphatic rings. The van der Waals surface area contributed by atoms with E-state index in [-0.39, 0.29) is 0 Å². The molecule has 0 fully saturated rings. The molecule has 1 aromatic carbocycles. The van der Waals surface area contributed by atoms with Gasteiger partial charge in [0.25, 0.3) is 0 Å². The van der Waals surface area contributed by atoms with Gasteiger partial charge in [0.05, 0.1) is 0 Å². The van der Waals surface area contributed by atoms with Crippen LogP contribution in [0.5, 0.6) is 0 Å². The van der Waals surface area contributed by atoms with Crippen LogP contribution in [-0.2, 0) is 6.42 Å². The second kappa shape index (κ2) is 4.95. The van der Waals surface area contributed by atoms with Crippen LogP contribution in [0.3, 0.4) is 0 Å². The zero-order valence-corrected chi connectivity index (χ0v) is 10.2. The second-order valence-electron chi connectivity index (χ2n) is 4.40. The van der Waals surface area contributed by atoms with Crippen molar-refractivity contribution in [1.82, 2.24) is 9.97 Å². The summed E-state index contributed by atoms with van der Waals surface area (Å²) in [6.07, 6.45) is 2.75. The molecule has 1 aromatic heterocycles. The van der Waals surface area contributed by atoms with Gasteiger partial charge in [0.2, 0.25) is 0 Å². The summed E-state index contributed by atoms with van der Waals surface area (Å²) < 4.78 is 0. The monoisotopic (exact) mass is 227 g/mol. The van der Waals surface area contributed by atoms with Crippen molar-refractivity contribution in [3.8, 4) is 0 Å². The molecule has 0 saturated heterocycles. The average molecular weight is 227 g/mol. The summed E-state index contributed by atoms with van der Waals surface area (Å²) in [4.78, 5) is 8.77. The Balaban J connectivity index is 2.11. The molecule has 1 unspecified atom stereocenters. The predicted octanol–water partition coefficient (Wildman–Crippen LogP) is 2.71. The van der Waals surface area contributed by atoms with E-state index in [1.807, 2.05) is 31.3 Å². The lowest BCUT2D eigenvalue weighted by Crippen LogP contribution is -2.04. The van der Waals surface area contributed by atoms with E-state index in [1.165, 1.54) is 5.56 Å². The highest BCUT2D eigenvalue weighted by Gasteiger charge is 2.09. The number of aryl methyl sites for hydroxylation is 1. The number of anilines is 1. The summed E-state index contributed by atoms with van der Waals surface area (Å²) >= 11 is 0. The van der Waals surface area contributed by atoms with E-state index < -0.39 is 0 Å². The van der Waals surface area contributed by atoms with Gasteiger partial charge in [0.15, 0.2) is 0 Å². The number of nitrogen functional groups attached to an aromatic ring is 1. The summed E-state index contributed by atoms with van der Waals surface area (Å²) in [7, 11) is 0. The number of hydrogen-bond acceptors (Lipinski definition) is 3. The van der Waals surface area contributed by atoms with Crippen LogP contribution in [0.25, 0.3) is 0 Å². The Morgan fingerprint density at radius 2 is 1.88 bits per heavy atom. The van der Waals surface area contributed by atoms with Gasteiger partial charge in [0.1, 0.15) is 5.82 Å². The van der Waals surface area contributed by atoms with Crippen molar-refractivity contribution >= 4 is 5.69 Å². The third-order valence-corrected chi connectivity index (χ3v) is 2.78. The Morgan fingerprint density at radius 3 is 2.53 bits per heavy atom. The third kappa shape index (κ3) is 3.03. The van der Waals surface area contributed by atoms with E-state index in [9.17, 15) is 0 Å². The third-order valence-electron chi connectivity index (χ3n) is 2.78. The Hall–Kier alpha value is -1.90. The molecule has 0 bridgehead atoms. The van der Waals surface area contributed by atoms with Gasteiger partial charge in [-0.25, -0.2) is 9.97 Å². The topological polar surface area (TPSA) is 51.8 Å². The molecule has 0 saturated carbocycles. The Morgan fingerprint density at radius 1 is 1.18 bits per heavy atom. The predicted molar refractivity (Wildman–Crippen MR) is 69.7 cm³/mol. The largest absolute Gasteiger partial charge is 0.399 e. The van der Waals surface area contributed by atoms with Crippen LogP contribution in [0.15, 0.2) is 36.5 Å². The van der Waals surface area contributed by atoms with Crippen molar-refractivity contribution < 1.29 is 0 Å². The summed E-state index contributed by atoms with van der Waals surface area (Å²) in [6.45, 7) is 4.13. The molecule has 2 N–H and O–H groups in total. The summed E-state index contributed by atoms with van der Waals surface area (Å²) in [5.41, 5.74) is 8.74. The molecule has 2 rings (SSSR count). The number of benzene rings is 1. The van der Waals surface area contributed by atoms with E-state index >= 15 is 0 Å². The van der Waals surface area contributed by atoms with Crippen molar-refractivity contribution in [3.05, 3.63) is 53.6 Å². The van der Waals surface area contributed by atoms with Crippen LogP contribution in [0.2, 0.25) is 0 Å². The van der Waals surface area contributed by atoms with Crippen LogP contribution in [0.4, 0.5) is 5.69 Å². The number of rotatable bonds is 3. The minimum absolute atomic E-state index is 0.318. The van der Waals surface area contributed by atoms with Crippen molar-refractivity contribution in [2.45, 2.75) is 26.2 Å². The van der Waals surface area contributed by atoms with E-state index in [0.29, 0.717) is 5.92 Å². The van der Waals surface area contributed by atoms with Gasteiger partial charge in [-0.1, -0.05) is 19.1 Å². The molecule has 0 aliphatic heterocycles. The second-order valence-corrected chi connectivity index (χ2v) is 4.40. The standard InChI is InChI=1S/C14H17N3/c1-10(14-16-8-7-11(2)17-14)9-12-3-5-13(15)6-4-12/h3-8,10H,9,15H2,1-2H3. The molecule has 1 heterocycles. The highest BCUT2D eigenvalue weighted by Crippen LogP contribution is 2.17. The lowest BCUT2D eigenvalue weighted by molar-refractivity contribution is 0.693. The first-order chi connectivity index (χ1) is 8.15. The number of hydrogen-bond donors (Lipinski definition) is 1. The Kier molecular flexibility index (Phi) is 3.38. The minimum atomic E-state index is 0.318. The maximum atomic E-state index is 5.66. The quantitative estimate of drug-likeness (QED) is 0.820. The van der Waals surface area contributed by atoms with Crippen LogP contribution in [-0.4, -0.2) is 9.97 Å². The fraction of sp³-hybridized carbons (Fsp3) is 0.286. The van der Waals surface area contributed by atoms with Crippen molar-refractivity contribution in [1.29, 1.82) is 0 Å². The van der Waals surface area contributed by atoms with Gasteiger partial charge in [-0.2, -0.15) is 0 Å². The zero-order chi connectivity index (χ0) is 12.3. The van der Waals surface area contributed by atoms with Crippen molar-refractivity contribution in [2.24, 2.45) is 0 Å². The summed E-state index contributed by atoms with van der Waals surface area (Å²) in [5.74, 6) is 1.22. The molecule has 1 atom stereocenters. The van der Waals surface area contributed by atoms with Gasteiger partial charge >= 0.3 is 0 Å². The molecule has 0 radical (unpaired) electrons. The van der Waals surface area contributed by atoms with Crippen LogP contribution >= 0.6 is 0 Å². The first-order valence-corrected chi connectivity index (χ1v) is 5.79. The maximum Gasteiger partial charge on any atom is 0.131 e. The van der Waals surface area contributed by atoms with E-state index in [4.69, 9.17) is 5.73 Å². The Bertz CT molecular complexity index is 491. The molecule has 0 amide bonds. The van der Waals surface area contributed by atoms with Crippen LogP contribution in [0, 0.1) is 6.92 Å². The fourth-order valence-electron chi connectivity index (χ4n) is 1.80. The first-order valence-electron chi connectivity index (χ1n) is 5.79. The molecule has 88 valence electrons. The SMILES string of the molecule is Cc1ccnc(C(C)Cc2ccc(N)cc2)n1. The average Bonchev–Trinajstić information content (AvgIpc) is 2.32. The summed E-state index contributed by atoms with van der Waals surface area (Å²) in [6, 6.07) is 9.89. The highest BCUT2D eigenvalue weighted by atomic mass is 14.9. The molecule has 2 aromatic rings. The molecule has 3 heteroatoms. The molecule has 0 aliphatic carbocycles. The number of aromatic nitrogens is 2. The van der Waals surface area contributed by atoms with Crippen LogP contribution in [0.1, 0.15) is 29.9 Å². The molecule has 3 nitrogen and oxygen atoms in total. The van der Waals surface area contributed by atoms with E-state index in [0.717, 1.165) is 23.6 Å². The molecule has 0 spiro atoms. The van der Waals surface area contributed by atoms with Crippen molar-refractivity contribution in [3.63, 3.8) is 0 Å². The zero-order valence-electron chi connectivity index (χ0n) is 10.2. The smallest absolute Gasteiger partial charge is 0.131 e. The Labute approximate surface area is 102 Å². The lowest BCUT2D eigenvalue weighted by Gasteiger charge is -2.10. The fourth-order valence-corrected chi connectivity index (χ4v) is 1.80. The minimum Gasteiger partial charge on any atom is -0.399 e. The molecular formula is C14H17N3. The highest BCUT2D eigenvalue weighted by molar-refractivity contribution is 5.39. The molecule has 17 heavy (non-hydrogen) atoms. The summed E-state index contributed by atoms with van der Waals surface area (Å²) in [5, 5.41) is 0. The normalized spacial score (nSPS) is 12.4. The first kappa shape index (κ1) is 11.6. The number of nitrogens with zero attached hydrogens (tertiary/aromatic N) is 2. The van der Waals surface area contributed by atoms with E-state index in [2.05, 4.69) is 29.0 Å². The van der Waals surface area contributed by atoms with Gasteiger partial charge in [-0.3, -0.25) is 0 Å². The maximum absolute atomic E-state index is 5.66.